The Kier molecular flexibility index (Phi) is 3.07. The van der Waals surface area contributed by atoms with Crippen LogP contribution in [0.1, 0.15) is 21.6 Å². The molecule has 1 N–H and O–H groups in total. The monoisotopic (exact) mass is 289 g/mol. The fraction of sp³-hybridized carbons (Fsp3) is 0.167. The van der Waals surface area contributed by atoms with Crippen LogP contribution in [0.5, 0.6) is 0 Å². The van der Waals surface area contributed by atoms with Gasteiger partial charge in [0.15, 0.2) is 0 Å². The van der Waals surface area contributed by atoms with E-state index in [1.54, 1.807) is 6.20 Å². The highest BCUT2D eigenvalue weighted by Crippen LogP contribution is 2.21. The van der Waals surface area contributed by atoms with Crippen LogP contribution in [0, 0.1) is 0 Å². The lowest BCUT2D eigenvalue weighted by atomic mass is 10.1. The molecule has 0 unspecified atom stereocenters. The average molecular weight is 289 g/mol. The Morgan fingerprint density at radius 3 is 2.32 bits per heavy atom. The zero-order chi connectivity index (χ0) is 14.9. The first-order chi connectivity index (χ1) is 10.8. The topological polar surface area (TPSA) is 54.9 Å². The second-order valence-corrected chi connectivity index (χ2v) is 5.59. The van der Waals surface area contributed by atoms with Crippen molar-refractivity contribution < 1.29 is 4.79 Å². The molecule has 1 aliphatic rings. The van der Waals surface area contributed by atoms with Crippen molar-refractivity contribution in [1.82, 2.24) is 15.3 Å². The van der Waals surface area contributed by atoms with E-state index in [2.05, 4.69) is 27.4 Å². The van der Waals surface area contributed by atoms with E-state index in [0.29, 0.717) is 5.69 Å². The lowest BCUT2D eigenvalue weighted by Gasteiger charge is -2.11. The number of hydrogen-bond acceptors (Lipinski definition) is 3. The van der Waals surface area contributed by atoms with Crippen molar-refractivity contribution in [3.63, 3.8) is 0 Å². The van der Waals surface area contributed by atoms with Gasteiger partial charge in [-0.25, -0.2) is 4.98 Å². The smallest absolute Gasteiger partial charge is 0.271 e. The van der Waals surface area contributed by atoms with E-state index in [4.69, 9.17) is 0 Å². The number of carbonyl (C=O) groups is 1. The zero-order valence-corrected chi connectivity index (χ0v) is 12.0. The predicted molar refractivity (Wildman–Crippen MR) is 84.6 cm³/mol. The van der Waals surface area contributed by atoms with Crippen LogP contribution in [-0.4, -0.2) is 21.9 Å². The molecule has 4 rings (SSSR count). The molecule has 1 heterocycles. The summed E-state index contributed by atoms with van der Waals surface area (Å²) in [7, 11) is 0. The molecule has 108 valence electrons. The Morgan fingerprint density at radius 1 is 0.955 bits per heavy atom. The van der Waals surface area contributed by atoms with E-state index in [9.17, 15) is 4.79 Å². The third-order valence-corrected chi connectivity index (χ3v) is 4.07. The molecule has 0 atom stereocenters. The number of hydrogen-bond donors (Lipinski definition) is 1. The number of amides is 1. The molecule has 4 heteroatoms. The molecule has 0 saturated heterocycles. The highest BCUT2D eigenvalue weighted by atomic mass is 16.1. The molecule has 0 bridgehead atoms. The van der Waals surface area contributed by atoms with Gasteiger partial charge in [-0.1, -0.05) is 36.4 Å². The number of fused-ring (bicyclic) bond motifs is 2. The molecule has 1 aliphatic carbocycles. The van der Waals surface area contributed by atoms with Crippen LogP contribution in [0.2, 0.25) is 0 Å². The molecular formula is C18H15N3O. The number of para-hydroxylation sites is 2. The zero-order valence-electron chi connectivity index (χ0n) is 12.0. The number of nitrogens with zero attached hydrogens (tertiary/aromatic N) is 2. The Balaban J connectivity index is 1.52. The van der Waals surface area contributed by atoms with Gasteiger partial charge in [0.05, 0.1) is 17.2 Å². The standard InChI is InChI=1S/C18H15N3O/c22-18(17-11-19-15-7-3-4-8-16(15)21-17)20-14-9-12-5-1-2-6-13(12)10-14/h1-8,11,14H,9-10H2,(H,20,22). The summed E-state index contributed by atoms with van der Waals surface area (Å²) in [5, 5.41) is 3.07. The van der Waals surface area contributed by atoms with Gasteiger partial charge >= 0.3 is 0 Å². The summed E-state index contributed by atoms with van der Waals surface area (Å²) in [4.78, 5) is 21.1. The fourth-order valence-corrected chi connectivity index (χ4v) is 2.99. The molecule has 0 spiro atoms. The van der Waals surface area contributed by atoms with Crippen molar-refractivity contribution in [1.29, 1.82) is 0 Å². The lowest BCUT2D eigenvalue weighted by Crippen LogP contribution is -2.35. The number of aromatic nitrogens is 2. The summed E-state index contributed by atoms with van der Waals surface area (Å²) in [6, 6.07) is 16.0. The maximum Gasteiger partial charge on any atom is 0.271 e. The van der Waals surface area contributed by atoms with E-state index in [-0.39, 0.29) is 11.9 Å². The Morgan fingerprint density at radius 2 is 1.59 bits per heavy atom. The first kappa shape index (κ1) is 13.0. The first-order valence-electron chi connectivity index (χ1n) is 7.39. The molecule has 0 saturated carbocycles. The molecule has 0 radical (unpaired) electrons. The minimum absolute atomic E-state index is 0.137. The lowest BCUT2D eigenvalue weighted by molar-refractivity contribution is 0.0933. The Bertz CT molecular complexity index is 835. The third-order valence-electron chi connectivity index (χ3n) is 4.07. The van der Waals surface area contributed by atoms with Gasteiger partial charge in [-0.15, -0.1) is 0 Å². The fourth-order valence-electron chi connectivity index (χ4n) is 2.99. The summed E-state index contributed by atoms with van der Waals surface area (Å²) in [6.45, 7) is 0. The normalized spacial score (nSPS) is 14.0. The van der Waals surface area contributed by atoms with Crippen molar-refractivity contribution in [3.8, 4) is 0 Å². The molecule has 22 heavy (non-hydrogen) atoms. The van der Waals surface area contributed by atoms with Gasteiger partial charge < -0.3 is 5.32 Å². The van der Waals surface area contributed by atoms with Crippen molar-refractivity contribution in [2.24, 2.45) is 0 Å². The van der Waals surface area contributed by atoms with Crippen LogP contribution >= 0.6 is 0 Å². The summed E-state index contributed by atoms with van der Waals surface area (Å²) < 4.78 is 0. The quantitative estimate of drug-likeness (QED) is 0.788. The van der Waals surface area contributed by atoms with Gasteiger partial charge in [-0.3, -0.25) is 9.78 Å². The van der Waals surface area contributed by atoms with E-state index < -0.39 is 0 Å². The Labute approximate surface area is 128 Å². The van der Waals surface area contributed by atoms with Crippen LogP contribution in [0.15, 0.2) is 54.7 Å². The van der Waals surface area contributed by atoms with Crippen LogP contribution < -0.4 is 5.32 Å². The minimum Gasteiger partial charge on any atom is -0.347 e. The molecule has 0 aliphatic heterocycles. The SMILES string of the molecule is O=C(NC1Cc2ccccc2C1)c1cnc2ccccc2n1. The van der Waals surface area contributed by atoms with Gasteiger partial charge in [0.25, 0.3) is 5.91 Å². The van der Waals surface area contributed by atoms with Gasteiger partial charge in [-0.05, 0) is 36.1 Å². The number of rotatable bonds is 2. The molecule has 4 nitrogen and oxygen atoms in total. The molecule has 1 amide bonds. The molecule has 3 aromatic rings. The molecule has 0 fully saturated rings. The van der Waals surface area contributed by atoms with Gasteiger partial charge in [0.1, 0.15) is 5.69 Å². The van der Waals surface area contributed by atoms with Crippen LogP contribution in [-0.2, 0) is 12.8 Å². The predicted octanol–water partition coefficient (Wildman–Crippen LogP) is 2.53. The van der Waals surface area contributed by atoms with E-state index in [1.165, 1.54) is 11.1 Å². The highest BCUT2D eigenvalue weighted by Gasteiger charge is 2.23. The van der Waals surface area contributed by atoms with Crippen LogP contribution in [0.25, 0.3) is 11.0 Å². The molecular weight excluding hydrogens is 274 g/mol. The largest absolute Gasteiger partial charge is 0.347 e. The van der Waals surface area contributed by atoms with Crippen molar-refractivity contribution in [2.45, 2.75) is 18.9 Å². The summed E-state index contributed by atoms with van der Waals surface area (Å²) in [6.07, 6.45) is 3.30. The van der Waals surface area contributed by atoms with Crippen molar-refractivity contribution in [3.05, 3.63) is 71.5 Å². The summed E-state index contributed by atoms with van der Waals surface area (Å²) in [5.41, 5.74) is 4.54. The maximum absolute atomic E-state index is 12.4. The molecule has 1 aromatic heterocycles. The van der Waals surface area contributed by atoms with Gasteiger partial charge in [0.2, 0.25) is 0 Å². The van der Waals surface area contributed by atoms with E-state index in [1.807, 2.05) is 36.4 Å². The van der Waals surface area contributed by atoms with Gasteiger partial charge in [0, 0.05) is 6.04 Å². The highest BCUT2D eigenvalue weighted by molar-refractivity contribution is 5.94. The van der Waals surface area contributed by atoms with Crippen LogP contribution in [0.4, 0.5) is 0 Å². The first-order valence-corrected chi connectivity index (χ1v) is 7.39. The van der Waals surface area contributed by atoms with Crippen molar-refractivity contribution >= 4 is 16.9 Å². The minimum atomic E-state index is -0.156. The second kappa shape index (κ2) is 5.22. The Hall–Kier alpha value is -2.75. The molecule has 2 aromatic carbocycles. The number of carbonyl (C=O) groups excluding carboxylic acids is 1. The van der Waals surface area contributed by atoms with Gasteiger partial charge in [-0.2, -0.15) is 0 Å². The number of benzene rings is 2. The summed E-state index contributed by atoms with van der Waals surface area (Å²) >= 11 is 0. The maximum atomic E-state index is 12.4. The number of nitrogens with one attached hydrogen (secondary N) is 1. The van der Waals surface area contributed by atoms with E-state index >= 15 is 0 Å². The van der Waals surface area contributed by atoms with Crippen molar-refractivity contribution in [2.75, 3.05) is 0 Å². The summed E-state index contributed by atoms with van der Waals surface area (Å²) in [5.74, 6) is -0.156. The second-order valence-electron chi connectivity index (χ2n) is 5.59. The van der Waals surface area contributed by atoms with E-state index in [0.717, 1.165) is 23.9 Å². The third kappa shape index (κ3) is 2.33. The van der Waals surface area contributed by atoms with Crippen LogP contribution in [0.3, 0.4) is 0 Å². The average Bonchev–Trinajstić information content (AvgIpc) is 2.96.